The van der Waals surface area contributed by atoms with E-state index in [4.69, 9.17) is 9.47 Å². The van der Waals surface area contributed by atoms with Gasteiger partial charge in [-0.1, -0.05) is 18.2 Å². The lowest BCUT2D eigenvalue weighted by Crippen LogP contribution is -2.48. The van der Waals surface area contributed by atoms with Crippen molar-refractivity contribution in [2.45, 2.75) is 18.9 Å². The van der Waals surface area contributed by atoms with Crippen molar-refractivity contribution < 1.29 is 14.3 Å². The van der Waals surface area contributed by atoms with Gasteiger partial charge < -0.3 is 19.3 Å². The lowest BCUT2D eigenvalue weighted by atomic mass is 10.0. The number of rotatable bonds is 8. The Morgan fingerprint density at radius 1 is 0.974 bits per heavy atom. The fourth-order valence-electron chi connectivity index (χ4n) is 5.67. The molecule has 2 fully saturated rings. The topological polar surface area (TPSA) is 69.6 Å². The first-order valence-corrected chi connectivity index (χ1v) is 13.6. The number of hydrogen-bond acceptors (Lipinski definition) is 7. The van der Waals surface area contributed by atoms with Crippen molar-refractivity contribution in [1.82, 2.24) is 15.1 Å². The smallest absolute Gasteiger partial charge is 0.256 e. The predicted molar refractivity (Wildman–Crippen MR) is 151 cm³/mol. The number of nitrogens with one attached hydrogen (secondary N) is 1. The fourth-order valence-corrected chi connectivity index (χ4v) is 5.67. The SMILES string of the molecule is COc1cc2cc3c(cc2cc1OCNCCN1CCN(c2ccccc2)CC1)C(=O)N1CCCC1C=N3. The van der Waals surface area contributed by atoms with E-state index < -0.39 is 0 Å². The van der Waals surface area contributed by atoms with Gasteiger partial charge in [-0.3, -0.25) is 20.0 Å². The molecule has 1 amide bonds. The average molecular weight is 514 g/mol. The minimum atomic E-state index is 0.0615. The molecule has 1 atom stereocenters. The Morgan fingerprint density at radius 2 is 1.76 bits per heavy atom. The van der Waals surface area contributed by atoms with Crippen LogP contribution < -0.4 is 19.7 Å². The third-order valence-corrected chi connectivity index (χ3v) is 7.84. The Morgan fingerprint density at radius 3 is 2.58 bits per heavy atom. The molecule has 0 aromatic heterocycles. The molecule has 3 aromatic rings. The second-order valence-electron chi connectivity index (χ2n) is 10.2. The van der Waals surface area contributed by atoms with Crippen molar-refractivity contribution in [2.75, 3.05) is 64.6 Å². The molecular weight excluding hydrogens is 478 g/mol. The van der Waals surface area contributed by atoms with Crippen LogP contribution in [-0.4, -0.2) is 87.6 Å². The molecule has 0 aliphatic carbocycles. The van der Waals surface area contributed by atoms with Crippen molar-refractivity contribution in [3.8, 4) is 11.5 Å². The van der Waals surface area contributed by atoms with Gasteiger partial charge in [-0.05, 0) is 60.0 Å². The number of benzene rings is 3. The van der Waals surface area contributed by atoms with Crippen LogP contribution in [0.25, 0.3) is 10.8 Å². The largest absolute Gasteiger partial charge is 0.493 e. The van der Waals surface area contributed by atoms with E-state index in [-0.39, 0.29) is 11.9 Å². The molecular formula is C30H35N5O3. The Bertz CT molecular complexity index is 1320. The summed E-state index contributed by atoms with van der Waals surface area (Å²) in [5.41, 5.74) is 2.68. The zero-order chi connectivity index (χ0) is 25.9. The summed E-state index contributed by atoms with van der Waals surface area (Å²) in [4.78, 5) is 24.7. The van der Waals surface area contributed by atoms with Crippen LogP contribution in [0, 0.1) is 0 Å². The first kappa shape index (κ1) is 24.7. The van der Waals surface area contributed by atoms with E-state index in [2.05, 4.69) is 50.4 Å². The summed E-state index contributed by atoms with van der Waals surface area (Å²) < 4.78 is 11.7. The minimum absolute atomic E-state index is 0.0615. The molecule has 0 saturated carbocycles. The van der Waals surface area contributed by atoms with Crippen LogP contribution in [0.4, 0.5) is 11.4 Å². The Hall–Kier alpha value is -3.62. The minimum Gasteiger partial charge on any atom is -0.493 e. The molecule has 1 unspecified atom stereocenters. The van der Waals surface area contributed by atoms with Gasteiger partial charge in [0.15, 0.2) is 11.5 Å². The highest BCUT2D eigenvalue weighted by molar-refractivity contribution is 6.07. The fraction of sp³-hybridized carbons (Fsp3) is 0.400. The molecule has 3 aliphatic rings. The molecule has 6 rings (SSSR count). The molecule has 3 heterocycles. The molecule has 198 valence electrons. The summed E-state index contributed by atoms with van der Waals surface area (Å²) in [6.45, 7) is 7.21. The van der Waals surface area contributed by atoms with E-state index in [0.717, 1.165) is 75.1 Å². The summed E-state index contributed by atoms with van der Waals surface area (Å²) in [6.07, 6.45) is 3.93. The number of ether oxygens (including phenoxy) is 2. The van der Waals surface area contributed by atoms with Gasteiger partial charge in [-0.2, -0.15) is 0 Å². The lowest BCUT2D eigenvalue weighted by Gasteiger charge is -2.36. The predicted octanol–water partition coefficient (Wildman–Crippen LogP) is 3.92. The standard InChI is InChI=1S/C30H35N5O3/c1-37-28-18-23-17-27-26(30(36)35-10-5-8-25(35)20-32-27)16-22(23)19-29(28)38-21-31-9-11-33-12-14-34(15-13-33)24-6-3-2-4-7-24/h2-4,6-7,16-20,25,31H,5,8-15,21H2,1H3. The van der Waals surface area contributed by atoms with Gasteiger partial charge in [-0.25, -0.2) is 0 Å². The Labute approximate surface area is 223 Å². The van der Waals surface area contributed by atoms with Crippen molar-refractivity contribution in [3.63, 3.8) is 0 Å². The third-order valence-electron chi connectivity index (χ3n) is 7.84. The molecule has 2 saturated heterocycles. The van der Waals surface area contributed by atoms with Gasteiger partial charge in [-0.15, -0.1) is 0 Å². The van der Waals surface area contributed by atoms with E-state index >= 15 is 0 Å². The van der Waals surface area contributed by atoms with Gasteiger partial charge in [0, 0.05) is 57.7 Å². The van der Waals surface area contributed by atoms with E-state index in [0.29, 0.717) is 23.8 Å². The number of amides is 1. The average Bonchev–Trinajstić information content (AvgIpc) is 3.39. The first-order valence-electron chi connectivity index (χ1n) is 13.6. The molecule has 3 aromatic carbocycles. The third kappa shape index (κ3) is 5.06. The van der Waals surface area contributed by atoms with Gasteiger partial charge in [0.1, 0.15) is 6.73 Å². The number of aliphatic imine (C=N–C) groups is 1. The number of carbonyl (C=O) groups excluding carboxylic acids is 1. The number of nitrogens with zero attached hydrogens (tertiary/aromatic N) is 4. The van der Waals surface area contributed by atoms with Crippen molar-refractivity contribution >= 4 is 34.3 Å². The second-order valence-corrected chi connectivity index (χ2v) is 10.2. The van der Waals surface area contributed by atoms with Crippen LogP contribution in [0.2, 0.25) is 0 Å². The summed E-state index contributed by atoms with van der Waals surface area (Å²) in [5, 5.41) is 5.32. The molecule has 3 aliphatic heterocycles. The van der Waals surface area contributed by atoms with Crippen LogP contribution >= 0.6 is 0 Å². The Balaban J connectivity index is 1.05. The van der Waals surface area contributed by atoms with E-state index in [9.17, 15) is 4.79 Å². The van der Waals surface area contributed by atoms with Gasteiger partial charge >= 0.3 is 0 Å². The first-order chi connectivity index (χ1) is 18.7. The number of para-hydroxylation sites is 1. The van der Waals surface area contributed by atoms with Crippen LogP contribution in [0.1, 0.15) is 23.2 Å². The highest BCUT2D eigenvalue weighted by Gasteiger charge is 2.31. The van der Waals surface area contributed by atoms with E-state index in [1.54, 1.807) is 7.11 Å². The molecule has 0 radical (unpaired) electrons. The molecule has 38 heavy (non-hydrogen) atoms. The number of hydrogen-bond donors (Lipinski definition) is 1. The van der Waals surface area contributed by atoms with Crippen LogP contribution in [0.3, 0.4) is 0 Å². The number of piperazine rings is 1. The summed E-state index contributed by atoms with van der Waals surface area (Å²) in [6, 6.07) is 18.6. The summed E-state index contributed by atoms with van der Waals surface area (Å²) in [5.74, 6) is 1.39. The van der Waals surface area contributed by atoms with Crippen molar-refractivity contribution in [1.29, 1.82) is 0 Å². The number of anilines is 1. The maximum Gasteiger partial charge on any atom is 0.256 e. The highest BCUT2D eigenvalue weighted by Crippen LogP contribution is 2.37. The number of carbonyl (C=O) groups is 1. The van der Waals surface area contributed by atoms with E-state index in [1.165, 1.54) is 5.69 Å². The van der Waals surface area contributed by atoms with Crippen LogP contribution in [-0.2, 0) is 0 Å². The highest BCUT2D eigenvalue weighted by atomic mass is 16.5. The molecule has 8 nitrogen and oxygen atoms in total. The number of methoxy groups -OCH3 is 1. The molecule has 1 N–H and O–H groups in total. The quantitative estimate of drug-likeness (QED) is 0.364. The monoisotopic (exact) mass is 513 g/mol. The Kier molecular flexibility index (Phi) is 7.16. The van der Waals surface area contributed by atoms with Crippen molar-refractivity contribution in [3.05, 3.63) is 60.2 Å². The van der Waals surface area contributed by atoms with Gasteiger partial charge in [0.25, 0.3) is 5.91 Å². The molecule has 8 heteroatoms. The van der Waals surface area contributed by atoms with Gasteiger partial charge in [0.2, 0.25) is 0 Å². The second kappa shape index (κ2) is 11.0. The maximum absolute atomic E-state index is 13.2. The van der Waals surface area contributed by atoms with Crippen LogP contribution in [0.5, 0.6) is 11.5 Å². The lowest BCUT2D eigenvalue weighted by molar-refractivity contribution is 0.0775. The summed E-state index contributed by atoms with van der Waals surface area (Å²) >= 11 is 0. The normalized spacial score (nSPS) is 19.4. The van der Waals surface area contributed by atoms with E-state index in [1.807, 2.05) is 35.4 Å². The molecule has 0 spiro atoms. The van der Waals surface area contributed by atoms with Crippen LogP contribution in [0.15, 0.2) is 59.6 Å². The van der Waals surface area contributed by atoms with Gasteiger partial charge in [0.05, 0.1) is 24.4 Å². The molecule has 0 bridgehead atoms. The number of fused-ring (bicyclic) bond motifs is 3. The van der Waals surface area contributed by atoms with Crippen molar-refractivity contribution in [2.24, 2.45) is 4.99 Å². The zero-order valence-corrected chi connectivity index (χ0v) is 21.9. The maximum atomic E-state index is 13.2. The summed E-state index contributed by atoms with van der Waals surface area (Å²) in [7, 11) is 1.65. The zero-order valence-electron chi connectivity index (χ0n) is 21.9.